The molecular weight excluding hydrogens is 467 g/mol. The molecule has 0 saturated carbocycles. The van der Waals surface area contributed by atoms with Gasteiger partial charge in [-0.05, 0) is 39.4 Å². The van der Waals surface area contributed by atoms with Crippen LogP contribution in [0.3, 0.4) is 0 Å². The molecule has 2 N–H and O–H groups in total. The molecular formula is C20H33IN6O. The SMILES string of the molecule is CCNC(=NCC1CN(C)CCO1)NCCCn1c(C)nc2ccccc21.I. The molecule has 0 radical (unpaired) electrons. The molecule has 1 aliphatic heterocycles. The molecule has 1 atom stereocenters. The minimum atomic E-state index is 0. The maximum Gasteiger partial charge on any atom is 0.191 e. The van der Waals surface area contributed by atoms with Gasteiger partial charge >= 0.3 is 0 Å². The van der Waals surface area contributed by atoms with Crippen LogP contribution in [0.1, 0.15) is 19.2 Å². The summed E-state index contributed by atoms with van der Waals surface area (Å²) in [5.41, 5.74) is 2.27. The minimum Gasteiger partial charge on any atom is -0.374 e. The normalized spacial score (nSPS) is 18.1. The molecule has 1 saturated heterocycles. The van der Waals surface area contributed by atoms with E-state index in [1.807, 2.05) is 6.07 Å². The van der Waals surface area contributed by atoms with Crippen molar-refractivity contribution in [3.63, 3.8) is 0 Å². The number of hydrogen-bond donors (Lipinski definition) is 2. The van der Waals surface area contributed by atoms with Crippen molar-refractivity contribution in [3.05, 3.63) is 30.1 Å². The highest BCUT2D eigenvalue weighted by Crippen LogP contribution is 2.15. The van der Waals surface area contributed by atoms with Crippen LogP contribution in [0.15, 0.2) is 29.3 Å². The summed E-state index contributed by atoms with van der Waals surface area (Å²) in [4.78, 5) is 11.6. The van der Waals surface area contributed by atoms with Crippen LogP contribution in [-0.2, 0) is 11.3 Å². The quantitative estimate of drug-likeness (QED) is 0.264. The molecule has 2 aromatic rings. The number of nitrogens with zero attached hydrogens (tertiary/aromatic N) is 4. The van der Waals surface area contributed by atoms with Crippen LogP contribution in [0.25, 0.3) is 11.0 Å². The fraction of sp³-hybridized carbons (Fsp3) is 0.600. The molecule has 2 heterocycles. The fourth-order valence-corrected chi connectivity index (χ4v) is 3.43. The van der Waals surface area contributed by atoms with E-state index in [1.165, 1.54) is 5.52 Å². The van der Waals surface area contributed by atoms with Crippen LogP contribution in [0.4, 0.5) is 0 Å². The van der Waals surface area contributed by atoms with Crippen molar-refractivity contribution in [2.45, 2.75) is 32.9 Å². The number of imidazole rings is 1. The van der Waals surface area contributed by atoms with Crippen LogP contribution in [0, 0.1) is 6.92 Å². The molecule has 3 rings (SSSR count). The lowest BCUT2D eigenvalue weighted by molar-refractivity contribution is -0.0136. The molecule has 7 nitrogen and oxygen atoms in total. The van der Waals surface area contributed by atoms with Crippen LogP contribution >= 0.6 is 24.0 Å². The second-order valence-electron chi connectivity index (χ2n) is 7.05. The molecule has 1 aromatic heterocycles. The first-order valence-electron chi connectivity index (χ1n) is 9.91. The van der Waals surface area contributed by atoms with Crippen molar-refractivity contribution < 1.29 is 4.74 Å². The summed E-state index contributed by atoms with van der Waals surface area (Å²) < 4.78 is 8.08. The van der Waals surface area contributed by atoms with Crippen LogP contribution in [0.2, 0.25) is 0 Å². The molecule has 1 aliphatic rings. The number of benzene rings is 1. The molecule has 0 amide bonds. The number of halogens is 1. The number of aromatic nitrogens is 2. The fourth-order valence-electron chi connectivity index (χ4n) is 3.43. The van der Waals surface area contributed by atoms with Gasteiger partial charge in [-0.3, -0.25) is 4.99 Å². The summed E-state index contributed by atoms with van der Waals surface area (Å²) in [5, 5.41) is 6.76. The van der Waals surface area contributed by atoms with Gasteiger partial charge in [0.15, 0.2) is 5.96 Å². The Morgan fingerprint density at radius 3 is 2.93 bits per heavy atom. The first-order chi connectivity index (χ1) is 13.2. The Balaban J connectivity index is 0.00000280. The highest BCUT2D eigenvalue weighted by Gasteiger charge is 2.17. The van der Waals surface area contributed by atoms with E-state index < -0.39 is 0 Å². The Morgan fingerprint density at radius 2 is 2.14 bits per heavy atom. The van der Waals surface area contributed by atoms with E-state index in [2.05, 4.69) is 64.2 Å². The zero-order chi connectivity index (χ0) is 19.1. The highest BCUT2D eigenvalue weighted by atomic mass is 127. The van der Waals surface area contributed by atoms with Crippen LogP contribution in [-0.4, -0.2) is 72.9 Å². The van der Waals surface area contributed by atoms with Crippen molar-refractivity contribution in [3.8, 4) is 0 Å². The van der Waals surface area contributed by atoms with Crippen molar-refractivity contribution in [2.75, 3.05) is 46.4 Å². The summed E-state index contributed by atoms with van der Waals surface area (Å²) in [7, 11) is 2.13. The molecule has 0 spiro atoms. The first-order valence-corrected chi connectivity index (χ1v) is 9.91. The monoisotopic (exact) mass is 500 g/mol. The maximum atomic E-state index is 5.79. The molecule has 8 heteroatoms. The predicted molar refractivity (Wildman–Crippen MR) is 126 cm³/mol. The zero-order valence-corrected chi connectivity index (χ0v) is 19.5. The van der Waals surface area contributed by atoms with Gasteiger partial charge < -0.3 is 24.8 Å². The van der Waals surface area contributed by atoms with Gasteiger partial charge in [0.05, 0.1) is 30.3 Å². The van der Waals surface area contributed by atoms with Gasteiger partial charge in [0, 0.05) is 32.7 Å². The number of hydrogen-bond acceptors (Lipinski definition) is 4. The number of guanidine groups is 1. The van der Waals surface area contributed by atoms with Gasteiger partial charge in [-0.1, -0.05) is 12.1 Å². The van der Waals surface area contributed by atoms with E-state index in [4.69, 9.17) is 9.73 Å². The van der Waals surface area contributed by atoms with Gasteiger partial charge in [-0.2, -0.15) is 0 Å². The minimum absolute atomic E-state index is 0. The molecule has 1 unspecified atom stereocenters. The number of aliphatic imine (C=N–C) groups is 1. The number of likely N-dealkylation sites (N-methyl/N-ethyl adjacent to an activating group) is 1. The average Bonchev–Trinajstić information content (AvgIpc) is 2.98. The topological polar surface area (TPSA) is 66.7 Å². The number of morpholine rings is 1. The summed E-state index contributed by atoms with van der Waals surface area (Å²) in [6, 6.07) is 8.31. The number of ether oxygens (including phenoxy) is 1. The van der Waals surface area contributed by atoms with Crippen LogP contribution in [0.5, 0.6) is 0 Å². The second-order valence-corrected chi connectivity index (χ2v) is 7.05. The number of nitrogens with one attached hydrogen (secondary N) is 2. The summed E-state index contributed by atoms with van der Waals surface area (Å²) in [6.45, 7) is 10.2. The lowest BCUT2D eigenvalue weighted by Gasteiger charge is -2.29. The van der Waals surface area contributed by atoms with E-state index in [0.717, 1.165) is 63.1 Å². The third-order valence-corrected chi connectivity index (χ3v) is 4.84. The smallest absolute Gasteiger partial charge is 0.191 e. The van der Waals surface area contributed by atoms with E-state index in [-0.39, 0.29) is 30.1 Å². The Kier molecular flexibility index (Phi) is 9.46. The van der Waals surface area contributed by atoms with E-state index in [0.29, 0.717) is 6.54 Å². The maximum absolute atomic E-state index is 5.79. The Morgan fingerprint density at radius 1 is 1.32 bits per heavy atom. The first kappa shape index (κ1) is 22.9. The zero-order valence-electron chi connectivity index (χ0n) is 17.1. The number of rotatable bonds is 7. The largest absolute Gasteiger partial charge is 0.374 e. The molecule has 28 heavy (non-hydrogen) atoms. The van der Waals surface area contributed by atoms with Crippen molar-refractivity contribution in [1.82, 2.24) is 25.1 Å². The van der Waals surface area contributed by atoms with E-state index in [1.54, 1.807) is 0 Å². The van der Waals surface area contributed by atoms with Gasteiger partial charge in [-0.15, -0.1) is 24.0 Å². The summed E-state index contributed by atoms with van der Waals surface area (Å²) in [5.74, 6) is 1.93. The molecule has 156 valence electrons. The predicted octanol–water partition coefficient (Wildman–Crippen LogP) is 2.24. The van der Waals surface area contributed by atoms with Crippen molar-refractivity contribution >= 4 is 41.0 Å². The average molecular weight is 500 g/mol. The summed E-state index contributed by atoms with van der Waals surface area (Å²) >= 11 is 0. The van der Waals surface area contributed by atoms with Gasteiger partial charge in [0.2, 0.25) is 0 Å². The highest BCUT2D eigenvalue weighted by molar-refractivity contribution is 14.0. The number of para-hydroxylation sites is 2. The standard InChI is InChI=1S/C20H32N6O.HI/c1-4-21-20(23-14-17-15-25(3)12-13-27-17)22-10-7-11-26-16(2)24-18-8-5-6-9-19(18)26;/h5-6,8-9,17H,4,7,10-15H2,1-3H3,(H2,21,22,23);1H. The van der Waals surface area contributed by atoms with Gasteiger partial charge in [0.25, 0.3) is 0 Å². The third-order valence-electron chi connectivity index (χ3n) is 4.84. The van der Waals surface area contributed by atoms with E-state index >= 15 is 0 Å². The molecule has 0 aliphatic carbocycles. The van der Waals surface area contributed by atoms with Gasteiger partial charge in [0.1, 0.15) is 5.82 Å². The van der Waals surface area contributed by atoms with Crippen molar-refractivity contribution in [1.29, 1.82) is 0 Å². The van der Waals surface area contributed by atoms with Gasteiger partial charge in [-0.25, -0.2) is 4.98 Å². The Labute approximate surface area is 185 Å². The second kappa shape index (κ2) is 11.6. The lowest BCUT2D eigenvalue weighted by atomic mass is 10.3. The third kappa shape index (κ3) is 6.31. The Hall–Kier alpha value is -1.39. The molecule has 1 fully saturated rings. The van der Waals surface area contributed by atoms with E-state index in [9.17, 15) is 0 Å². The number of aryl methyl sites for hydroxylation is 2. The van der Waals surface area contributed by atoms with Crippen molar-refractivity contribution in [2.24, 2.45) is 4.99 Å². The number of fused-ring (bicyclic) bond motifs is 1. The lowest BCUT2D eigenvalue weighted by Crippen LogP contribution is -2.43. The summed E-state index contributed by atoms with van der Waals surface area (Å²) in [6.07, 6.45) is 1.19. The van der Waals surface area contributed by atoms with Crippen LogP contribution < -0.4 is 10.6 Å². The molecule has 1 aromatic carbocycles. The molecule has 0 bridgehead atoms. The Bertz CT molecular complexity index is 762.